The van der Waals surface area contributed by atoms with E-state index in [0.29, 0.717) is 24.5 Å². The summed E-state index contributed by atoms with van der Waals surface area (Å²) in [5.74, 6) is 1.06. The van der Waals surface area contributed by atoms with Gasteiger partial charge in [-0.25, -0.2) is 8.42 Å². The maximum Gasteiger partial charge on any atom is 0.248 e. The molecule has 0 bridgehead atoms. The highest BCUT2D eigenvalue weighted by molar-refractivity contribution is 7.99. The number of thioether (sulfide) groups is 1. The summed E-state index contributed by atoms with van der Waals surface area (Å²) in [6.45, 7) is 4.21. The van der Waals surface area contributed by atoms with Crippen molar-refractivity contribution in [3.05, 3.63) is 46.3 Å². The second kappa shape index (κ2) is 7.07. The largest absolute Gasteiger partial charge is 0.360 e. The highest BCUT2D eigenvalue weighted by Gasteiger charge is 2.33. The van der Waals surface area contributed by atoms with Crippen LogP contribution in [-0.4, -0.2) is 36.7 Å². The molecule has 1 fully saturated rings. The minimum atomic E-state index is -3.59. The summed E-state index contributed by atoms with van der Waals surface area (Å²) in [6, 6.07) is 7.76. The molecule has 1 aliphatic heterocycles. The molecule has 24 heavy (non-hydrogen) atoms. The van der Waals surface area contributed by atoms with Gasteiger partial charge in [-0.2, -0.15) is 16.1 Å². The summed E-state index contributed by atoms with van der Waals surface area (Å²) in [5, 5.41) is 4.70. The highest BCUT2D eigenvalue weighted by atomic mass is 35.5. The fraction of sp³-hybridized carbons (Fsp3) is 0.438. The van der Waals surface area contributed by atoms with Gasteiger partial charge in [-0.3, -0.25) is 0 Å². The van der Waals surface area contributed by atoms with E-state index in [0.717, 1.165) is 22.8 Å². The van der Waals surface area contributed by atoms with E-state index in [-0.39, 0.29) is 10.1 Å². The molecule has 0 unspecified atom stereocenters. The number of sulfonamides is 1. The smallest absolute Gasteiger partial charge is 0.248 e. The van der Waals surface area contributed by atoms with Crippen LogP contribution >= 0.6 is 23.4 Å². The van der Waals surface area contributed by atoms with Gasteiger partial charge in [0.15, 0.2) is 5.76 Å². The number of hydrogen-bond donors (Lipinski definition) is 0. The van der Waals surface area contributed by atoms with Crippen molar-refractivity contribution >= 4 is 33.4 Å². The van der Waals surface area contributed by atoms with Gasteiger partial charge in [0, 0.05) is 29.1 Å². The molecule has 0 saturated carbocycles. The van der Waals surface area contributed by atoms with Crippen molar-refractivity contribution in [3.8, 4) is 0 Å². The number of aryl methyl sites for hydroxylation is 2. The first kappa shape index (κ1) is 17.8. The fourth-order valence-electron chi connectivity index (χ4n) is 2.95. The monoisotopic (exact) mass is 386 g/mol. The molecule has 8 heteroatoms. The molecule has 0 spiro atoms. The molecule has 130 valence electrons. The molecule has 5 nitrogen and oxygen atoms in total. The third-order valence-electron chi connectivity index (χ3n) is 4.12. The second-order valence-corrected chi connectivity index (χ2v) is 9.32. The van der Waals surface area contributed by atoms with Gasteiger partial charge in [0.25, 0.3) is 0 Å². The van der Waals surface area contributed by atoms with Crippen LogP contribution in [0.3, 0.4) is 0 Å². The molecule has 1 aromatic heterocycles. The molecule has 0 radical (unpaired) electrons. The van der Waals surface area contributed by atoms with E-state index < -0.39 is 10.0 Å². The van der Waals surface area contributed by atoms with Crippen LogP contribution in [0, 0.1) is 13.8 Å². The van der Waals surface area contributed by atoms with Gasteiger partial charge in [-0.05, 0) is 31.9 Å². The molecular formula is C16H19ClN2O3S2. The number of hydrogen-bond acceptors (Lipinski definition) is 5. The lowest BCUT2D eigenvalue weighted by Gasteiger charge is -2.20. The minimum Gasteiger partial charge on any atom is -0.360 e. The molecule has 0 aliphatic carbocycles. The molecule has 1 aliphatic rings. The molecular weight excluding hydrogens is 368 g/mol. The summed E-state index contributed by atoms with van der Waals surface area (Å²) in [7, 11) is -3.59. The van der Waals surface area contributed by atoms with Gasteiger partial charge in [-0.15, -0.1) is 0 Å². The number of nitrogens with zero attached hydrogens (tertiary/aromatic N) is 2. The van der Waals surface area contributed by atoms with Crippen molar-refractivity contribution in [1.82, 2.24) is 9.46 Å². The molecule has 2 aromatic rings. The first-order chi connectivity index (χ1) is 11.4. The van der Waals surface area contributed by atoms with Crippen LogP contribution in [0.25, 0.3) is 0 Å². The van der Waals surface area contributed by atoms with Gasteiger partial charge in [0.05, 0.1) is 0 Å². The molecule has 1 aromatic carbocycles. The van der Waals surface area contributed by atoms with Crippen LogP contribution in [0.2, 0.25) is 5.02 Å². The van der Waals surface area contributed by atoms with Gasteiger partial charge < -0.3 is 4.52 Å². The Hall–Kier alpha value is -1.02. The maximum atomic E-state index is 12.9. The first-order valence-corrected chi connectivity index (χ1v) is 10.6. The van der Waals surface area contributed by atoms with E-state index in [1.807, 2.05) is 24.3 Å². The first-order valence-electron chi connectivity index (χ1n) is 7.70. The SMILES string of the molecule is Cc1noc(C)c1S(=O)(=O)N1CCS[C@H](c2ccccc2Cl)CC1. The fourth-order valence-corrected chi connectivity index (χ4v) is 6.41. The Bertz CT molecular complexity index is 816. The quantitative estimate of drug-likeness (QED) is 0.802. The van der Waals surface area contributed by atoms with Crippen LogP contribution in [0.5, 0.6) is 0 Å². The summed E-state index contributed by atoms with van der Waals surface area (Å²) in [5.41, 5.74) is 1.48. The van der Waals surface area contributed by atoms with E-state index in [9.17, 15) is 8.42 Å². The molecule has 1 atom stereocenters. The highest BCUT2D eigenvalue weighted by Crippen LogP contribution is 2.39. The lowest BCUT2D eigenvalue weighted by Crippen LogP contribution is -2.33. The second-order valence-electron chi connectivity index (χ2n) is 5.73. The predicted octanol–water partition coefficient (Wildman–Crippen LogP) is 3.81. The molecule has 2 heterocycles. The number of halogens is 1. The lowest BCUT2D eigenvalue weighted by molar-refractivity contribution is 0.388. The van der Waals surface area contributed by atoms with Crippen LogP contribution in [0.15, 0.2) is 33.7 Å². The zero-order valence-electron chi connectivity index (χ0n) is 13.5. The number of rotatable bonds is 3. The van der Waals surface area contributed by atoms with E-state index in [4.69, 9.17) is 16.1 Å². The number of aromatic nitrogens is 1. The lowest BCUT2D eigenvalue weighted by atomic mass is 10.1. The summed E-state index contributed by atoms with van der Waals surface area (Å²) < 4.78 is 32.4. The predicted molar refractivity (Wildman–Crippen MR) is 96.0 cm³/mol. The van der Waals surface area contributed by atoms with E-state index in [2.05, 4.69) is 5.16 Å². The molecule has 0 N–H and O–H groups in total. The van der Waals surface area contributed by atoms with E-state index in [1.54, 1.807) is 25.6 Å². The maximum absolute atomic E-state index is 12.9. The molecule has 1 saturated heterocycles. The van der Waals surface area contributed by atoms with Crippen LogP contribution < -0.4 is 0 Å². The van der Waals surface area contributed by atoms with Gasteiger partial charge in [-0.1, -0.05) is 35.0 Å². The zero-order valence-corrected chi connectivity index (χ0v) is 15.9. The third-order valence-corrected chi connectivity index (χ3v) is 7.92. The zero-order chi connectivity index (χ0) is 17.3. The van der Waals surface area contributed by atoms with Crippen molar-refractivity contribution in [3.63, 3.8) is 0 Å². The third kappa shape index (κ3) is 3.35. The summed E-state index contributed by atoms with van der Waals surface area (Å²) >= 11 is 8.04. The van der Waals surface area contributed by atoms with Crippen molar-refractivity contribution in [2.24, 2.45) is 0 Å². The van der Waals surface area contributed by atoms with Gasteiger partial charge in [0.1, 0.15) is 10.6 Å². The van der Waals surface area contributed by atoms with Crippen LogP contribution in [0.1, 0.15) is 28.7 Å². The Balaban J connectivity index is 1.82. The van der Waals surface area contributed by atoms with Crippen LogP contribution in [-0.2, 0) is 10.0 Å². The Morgan fingerprint density at radius 1 is 1.29 bits per heavy atom. The van der Waals surface area contributed by atoms with Gasteiger partial charge in [0.2, 0.25) is 10.0 Å². The number of benzene rings is 1. The average molecular weight is 387 g/mol. The molecule has 0 amide bonds. The normalized spacial score (nSPS) is 20.0. The van der Waals surface area contributed by atoms with Crippen molar-refractivity contribution in [2.75, 3.05) is 18.8 Å². The Kier molecular flexibility index (Phi) is 5.24. The summed E-state index contributed by atoms with van der Waals surface area (Å²) in [4.78, 5) is 0.198. The Labute approximate surface area is 151 Å². The van der Waals surface area contributed by atoms with E-state index >= 15 is 0 Å². The van der Waals surface area contributed by atoms with Gasteiger partial charge >= 0.3 is 0 Å². The topological polar surface area (TPSA) is 63.4 Å². The average Bonchev–Trinajstić information content (AvgIpc) is 2.76. The van der Waals surface area contributed by atoms with Crippen molar-refractivity contribution in [1.29, 1.82) is 0 Å². The Morgan fingerprint density at radius 2 is 2.04 bits per heavy atom. The standard InChI is InChI=1S/C16H19ClN2O3S2/c1-11-16(12(2)22-18-11)24(20,21)19-8-7-15(23-10-9-19)13-5-3-4-6-14(13)17/h3-6,15H,7-10H2,1-2H3/t15-/m0/s1. The van der Waals surface area contributed by atoms with E-state index in [1.165, 1.54) is 4.31 Å². The van der Waals surface area contributed by atoms with Crippen molar-refractivity contribution < 1.29 is 12.9 Å². The van der Waals surface area contributed by atoms with Crippen LogP contribution in [0.4, 0.5) is 0 Å². The van der Waals surface area contributed by atoms with Crippen molar-refractivity contribution in [2.45, 2.75) is 30.4 Å². The summed E-state index contributed by atoms with van der Waals surface area (Å²) in [6.07, 6.45) is 0.719. The minimum absolute atomic E-state index is 0.198. The Morgan fingerprint density at radius 3 is 2.71 bits per heavy atom. The molecule has 3 rings (SSSR count).